The molecular weight excluding hydrogens is 696 g/mol. The Labute approximate surface area is 302 Å². The Morgan fingerprint density at radius 1 is 0.980 bits per heavy atom. The normalized spacial score (nSPS) is 28.1. The van der Waals surface area contributed by atoms with E-state index in [0.717, 1.165) is 40.9 Å². The topological polar surface area (TPSA) is 102 Å². The molecule has 2 aliphatic heterocycles. The van der Waals surface area contributed by atoms with Crippen molar-refractivity contribution in [1.29, 1.82) is 0 Å². The van der Waals surface area contributed by atoms with E-state index in [1.54, 1.807) is 31.5 Å². The van der Waals surface area contributed by atoms with Crippen molar-refractivity contribution >= 4 is 42.3 Å². The molecule has 5 aliphatic rings. The molecule has 11 heteroatoms. The highest BCUT2D eigenvalue weighted by Gasteiger charge is 2.73. The zero-order chi connectivity index (χ0) is 35.0. The van der Waals surface area contributed by atoms with Crippen LogP contribution in [0.4, 0.5) is 0 Å². The summed E-state index contributed by atoms with van der Waals surface area (Å²) in [6.45, 7) is 4.88. The van der Waals surface area contributed by atoms with E-state index in [0.29, 0.717) is 53.8 Å². The Morgan fingerprint density at radius 2 is 1.72 bits per heavy atom. The van der Waals surface area contributed by atoms with Gasteiger partial charge >= 0.3 is 11.9 Å². The third-order valence-corrected chi connectivity index (χ3v) is 13.3. The highest BCUT2D eigenvalue weighted by Crippen LogP contribution is 2.66. The number of carbonyl (C=O) groups excluding carboxylic acids is 2. The molecule has 0 amide bonds. The van der Waals surface area contributed by atoms with Crippen LogP contribution < -0.4 is 9.47 Å². The van der Waals surface area contributed by atoms with Gasteiger partial charge in [0.25, 0.3) is 0 Å². The zero-order valence-corrected chi connectivity index (χ0v) is 30.7. The van der Waals surface area contributed by atoms with E-state index in [-0.39, 0.29) is 30.3 Å². The molecule has 264 valence electrons. The monoisotopic (exact) mass is 737 g/mol. The van der Waals surface area contributed by atoms with Crippen molar-refractivity contribution < 1.29 is 33.5 Å². The standard InChI is InChI=1S/C39H42Cl2NO7P/c1-50(2,46)22-34(44)47-30-13-12-26-19-32-39(45)15-14-31(37-38(39,35(26)36(30)49-37)16-17-42(32)21-23-10-11-23)48-33(43)20-25-7-4-3-6-24(25)18-27-28(40)8-5-9-29(27)41/h3-9,12-13,23,31-32,37,45H,10-11,14-22H2,1-2H3/t31-,32-,37?,38+,39-/m1/s1. The first kappa shape index (κ1) is 34.2. The minimum Gasteiger partial charge on any atom is -0.481 e. The van der Waals surface area contributed by atoms with E-state index in [4.69, 9.17) is 37.4 Å². The maximum atomic E-state index is 13.8. The van der Waals surface area contributed by atoms with Crippen LogP contribution in [0.25, 0.3) is 0 Å². The van der Waals surface area contributed by atoms with Crippen molar-refractivity contribution in [2.45, 2.75) is 80.6 Å². The van der Waals surface area contributed by atoms with Gasteiger partial charge in [-0.15, -0.1) is 0 Å². The molecular formula is C39H42Cl2NO7P. The number of esters is 2. The number of nitrogens with zero attached hydrogens (tertiary/aromatic N) is 1. The first-order valence-corrected chi connectivity index (χ1v) is 21.1. The van der Waals surface area contributed by atoms with Gasteiger partial charge in [0.1, 0.15) is 12.2 Å². The Balaban J connectivity index is 1.10. The molecule has 50 heavy (non-hydrogen) atoms. The lowest BCUT2D eigenvalue weighted by Gasteiger charge is -2.64. The summed E-state index contributed by atoms with van der Waals surface area (Å²) in [5.41, 5.74) is 2.53. The molecule has 1 saturated heterocycles. The molecule has 5 atom stereocenters. The highest BCUT2D eigenvalue weighted by molar-refractivity contribution is 7.63. The Bertz CT molecular complexity index is 1910. The first-order valence-electron chi connectivity index (χ1n) is 17.6. The van der Waals surface area contributed by atoms with Crippen LogP contribution in [0, 0.1) is 5.92 Å². The summed E-state index contributed by atoms with van der Waals surface area (Å²) < 4.78 is 31.4. The second kappa shape index (κ2) is 12.7. The van der Waals surface area contributed by atoms with Crippen LogP contribution in [-0.4, -0.2) is 78.4 Å². The molecule has 0 radical (unpaired) electrons. The van der Waals surface area contributed by atoms with Gasteiger partial charge in [-0.25, -0.2) is 0 Å². The summed E-state index contributed by atoms with van der Waals surface area (Å²) in [6, 6.07) is 16.8. The molecule has 1 spiro atoms. The number of hydrogen-bond acceptors (Lipinski definition) is 8. The predicted molar refractivity (Wildman–Crippen MR) is 192 cm³/mol. The summed E-state index contributed by atoms with van der Waals surface area (Å²) in [5.74, 6) is 0.378. The molecule has 2 bridgehead atoms. The maximum Gasteiger partial charge on any atom is 0.318 e. The molecule has 3 aromatic rings. The summed E-state index contributed by atoms with van der Waals surface area (Å²) in [4.78, 5) is 29.2. The van der Waals surface area contributed by atoms with Gasteiger partial charge in [0.15, 0.2) is 11.5 Å². The van der Waals surface area contributed by atoms with E-state index in [1.165, 1.54) is 12.8 Å². The van der Waals surface area contributed by atoms with E-state index in [2.05, 4.69) is 4.90 Å². The molecule has 3 aromatic carbocycles. The van der Waals surface area contributed by atoms with Crippen LogP contribution in [-0.2, 0) is 43.6 Å². The van der Waals surface area contributed by atoms with E-state index in [9.17, 15) is 19.3 Å². The first-order chi connectivity index (χ1) is 23.9. The average Bonchev–Trinajstić information content (AvgIpc) is 3.79. The summed E-state index contributed by atoms with van der Waals surface area (Å²) >= 11 is 13.0. The predicted octanol–water partition coefficient (Wildman–Crippen LogP) is 6.83. The van der Waals surface area contributed by atoms with Crippen molar-refractivity contribution in [1.82, 2.24) is 4.90 Å². The van der Waals surface area contributed by atoms with Crippen LogP contribution in [0.5, 0.6) is 11.5 Å². The fourth-order valence-corrected chi connectivity index (χ4v) is 10.5. The number of rotatable bonds is 10. The number of hydrogen-bond donors (Lipinski definition) is 1. The van der Waals surface area contributed by atoms with Crippen LogP contribution in [0.3, 0.4) is 0 Å². The molecule has 1 unspecified atom stereocenters. The quantitative estimate of drug-likeness (QED) is 0.137. The number of halogens is 2. The van der Waals surface area contributed by atoms with Gasteiger partial charge in [-0.2, -0.15) is 0 Å². The number of ether oxygens (including phenoxy) is 3. The molecule has 2 heterocycles. The Kier molecular flexibility index (Phi) is 8.67. The van der Waals surface area contributed by atoms with Crippen LogP contribution in [0.1, 0.15) is 59.9 Å². The van der Waals surface area contributed by atoms with Crippen molar-refractivity contribution in [2.24, 2.45) is 5.92 Å². The Hall–Kier alpha value is -2.87. The number of piperidine rings is 1. The second-order valence-corrected chi connectivity index (χ2v) is 19.6. The molecule has 3 aliphatic carbocycles. The lowest BCUT2D eigenvalue weighted by molar-refractivity contribution is -0.216. The minimum absolute atomic E-state index is 0.0473. The Morgan fingerprint density at radius 3 is 2.44 bits per heavy atom. The largest absolute Gasteiger partial charge is 0.481 e. The molecule has 8 nitrogen and oxygen atoms in total. The zero-order valence-electron chi connectivity index (χ0n) is 28.3. The number of aliphatic hydroxyl groups is 1. The average molecular weight is 739 g/mol. The van der Waals surface area contributed by atoms with Crippen LogP contribution in [0.15, 0.2) is 54.6 Å². The minimum atomic E-state index is -2.67. The van der Waals surface area contributed by atoms with Crippen molar-refractivity contribution in [2.75, 3.05) is 32.6 Å². The van der Waals surface area contributed by atoms with Gasteiger partial charge in [0, 0.05) is 34.6 Å². The van der Waals surface area contributed by atoms with Crippen LogP contribution in [0.2, 0.25) is 10.0 Å². The van der Waals surface area contributed by atoms with Gasteiger partial charge in [0.05, 0.1) is 30.7 Å². The van der Waals surface area contributed by atoms with Gasteiger partial charge in [0.2, 0.25) is 0 Å². The number of likely N-dealkylation sites (tertiary alicyclic amines) is 1. The SMILES string of the molecule is CP(C)(=O)CC(=O)Oc1ccc2c3c1OC1[C@H](OC(=O)Cc4ccccc4Cc4c(Cl)cccc4Cl)CC[C@@]4(O)[C@@H](C2)N(CC2CC2)CC[C@]314. The summed E-state index contributed by atoms with van der Waals surface area (Å²) in [7, 11) is -2.67. The highest BCUT2D eigenvalue weighted by atomic mass is 35.5. The molecule has 0 aromatic heterocycles. The van der Waals surface area contributed by atoms with Gasteiger partial charge in [-0.05, 0) is 105 Å². The third kappa shape index (κ3) is 5.89. The van der Waals surface area contributed by atoms with Crippen molar-refractivity contribution in [3.63, 3.8) is 0 Å². The van der Waals surface area contributed by atoms with Crippen molar-refractivity contribution in [3.8, 4) is 11.5 Å². The maximum absolute atomic E-state index is 13.8. The lowest BCUT2D eigenvalue weighted by Crippen LogP contribution is -2.77. The fourth-order valence-electron chi connectivity index (χ4n) is 9.25. The summed E-state index contributed by atoms with van der Waals surface area (Å²) in [6.07, 6.45) is 3.67. The third-order valence-electron chi connectivity index (χ3n) is 11.6. The second-order valence-electron chi connectivity index (χ2n) is 15.4. The van der Waals surface area contributed by atoms with Gasteiger partial charge in [-0.3, -0.25) is 14.5 Å². The van der Waals surface area contributed by atoms with Crippen LogP contribution >= 0.6 is 30.3 Å². The van der Waals surface area contributed by atoms with Gasteiger partial charge < -0.3 is 23.9 Å². The van der Waals surface area contributed by atoms with E-state index in [1.807, 2.05) is 36.4 Å². The van der Waals surface area contributed by atoms with Crippen molar-refractivity contribution in [3.05, 3.63) is 92.5 Å². The molecule has 1 N–H and O–H groups in total. The smallest absolute Gasteiger partial charge is 0.318 e. The van der Waals surface area contributed by atoms with E-state index >= 15 is 0 Å². The molecule has 8 rings (SSSR count). The number of carbonyl (C=O) groups is 2. The van der Waals surface area contributed by atoms with E-state index < -0.39 is 36.3 Å². The summed E-state index contributed by atoms with van der Waals surface area (Å²) in [5, 5.41) is 14.1. The van der Waals surface area contributed by atoms with Gasteiger partial charge in [-0.1, -0.05) is 59.6 Å². The molecule has 3 fully saturated rings. The lowest BCUT2D eigenvalue weighted by atomic mass is 9.48. The number of benzene rings is 3. The molecule has 2 saturated carbocycles. The fraction of sp³-hybridized carbons (Fsp3) is 0.487.